The molecule has 0 unspecified atom stereocenters. The van der Waals surface area contributed by atoms with Gasteiger partial charge in [0.2, 0.25) is 0 Å². The summed E-state index contributed by atoms with van der Waals surface area (Å²) in [4.78, 5) is 0. The molecule has 1 rings (SSSR count). The average Bonchev–Trinajstić information content (AvgIpc) is 2.44. The van der Waals surface area contributed by atoms with Crippen molar-refractivity contribution in [3.05, 3.63) is 23.8 Å². The predicted octanol–water partition coefficient (Wildman–Crippen LogP) is 2.77. The van der Waals surface area contributed by atoms with Crippen LogP contribution in [0, 0.1) is 0 Å². The lowest BCUT2D eigenvalue weighted by molar-refractivity contribution is 0.283. The third kappa shape index (κ3) is 6.98. The van der Waals surface area contributed by atoms with Crippen molar-refractivity contribution in [2.75, 3.05) is 26.9 Å². The molecule has 1 aromatic carbocycles. The molecule has 0 aliphatic carbocycles. The Hall–Kier alpha value is -0.970. The number of halogens is 1. The predicted molar refractivity (Wildman–Crippen MR) is 84.1 cm³/mol. The van der Waals surface area contributed by atoms with Crippen LogP contribution in [0.5, 0.6) is 11.5 Å². The van der Waals surface area contributed by atoms with Crippen molar-refractivity contribution in [1.29, 1.82) is 0 Å². The smallest absolute Gasteiger partial charge is 0.161 e. The summed E-state index contributed by atoms with van der Waals surface area (Å²) >= 11 is 0. The first kappa shape index (κ1) is 19.0. The van der Waals surface area contributed by atoms with E-state index in [1.54, 1.807) is 7.11 Å². The Kier molecular flexibility index (Phi) is 11.3. The highest BCUT2D eigenvalue weighted by atomic mass is 35.5. The van der Waals surface area contributed by atoms with Gasteiger partial charge in [-0.25, -0.2) is 0 Å². The second-order valence-corrected chi connectivity index (χ2v) is 4.38. The third-order valence-electron chi connectivity index (χ3n) is 2.87. The number of benzene rings is 1. The van der Waals surface area contributed by atoms with E-state index in [0.717, 1.165) is 43.9 Å². The molecule has 0 aliphatic rings. The van der Waals surface area contributed by atoms with E-state index >= 15 is 0 Å². The lowest BCUT2D eigenvalue weighted by Crippen LogP contribution is -2.14. The summed E-state index contributed by atoms with van der Waals surface area (Å²) in [5, 5.41) is 12.1. The first-order valence-electron chi connectivity index (χ1n) is 6.93. The molecule has 0 radical (unpaired) electrons. The number of aliphatic hydroxyl groups is 1. The molecule has 0 fully saturated rings. The molecule has 4 nitrogen and oxygen atoms in total. The van der Waals surface area contributed by atoms with Crippen molar-refractivity contribution in [3.8, 4) is 11.5 Å². The molecular formula is C15H26ClNO3. The third-order valence-corrected chi connectivity index (χ3v) is 2.87. The summed E-state index contributed by atoms with van der Waals surface area (Å²) in [6, 6.07) is 6.01. The number of aliphatic hydroxyl groups excluding tert-OH is 1. The maximum absolute atomic E-state index is 8.68. The lowest BCUT2D eigenvalue weighted by atomic mass is 10.2. The molecule has 0 bridgehead atoms. The zero-order chi connectivity index (χ0) is 13.9. The second kappa shape index (κ2) is 11.8. The summed E-state index contributed by atoms with van der Waals surface area (Å²) in [5.41, 5.74) is 1.18. The Morgan fingerprint density at radius 2 is 1.95 bits per heavy atom. The van der Waals surface area contributed by atoms with E-state index < -0.39 is 0 Å². The summed E-state index contributed by atoms with van der Waals surface area (Å²) in [6.07, 6.45) is 3.05. The highest BCUT2D eigenvalue weighted by molar-refractivity contribution is 5.85. The van der Waals surface area contributed by atoms with Crippen LogP contribution in [-0.4, -0.2) is 32.0 Å². The van der Waals surface area contributed by atoms with Gasteiger partial charge >= 0.3 is 0 Å². The highest BCUT2D eigenvalue weighted by Gasteiger charge is 2.04. The number of ether oxygens (including phenoxy) is 2. The van der Waals surface area contributed by atoms with Crippen molar-refractivity contribution < 1.29 is 14.6 Å². The van der Waals surface area contributed by atoms with Gasteiger partial charge in [-0.15, -0.1) is 12.4 Å². The normalized spacial score (nSPS) is 9.95. The lowest BCUT2D eigenvalue weighted by Gasteiger charge is -2.11. The molecule has 0 spiro atoms. The van der Waals surface area contributed by atoms with Gasteiger partial charge in [-0.2, -0.15) is 0 Å². The summed E-state index contributed by atoms with van der Waals surface area (Å²) in [7, 11) is 1.66. The van der Waals surface area contributed by atoms with Crippen molar-refractivity contribution in [2.45, 2.75) is 32.7 Å². The number of hydrogen-bond acceptors (Lipinski definition) is 4. The quantitative estimate of drug-likeness (QED) is 0.653. The van der Waals surface area contributed by atoms with Crippen molar-refractivity contribution in [2.24, 2.45) is 0 Å². The van der Waals surface area contributed by atoms with Gasteiger partial charge in [-0.1, -0.05) is 6.07 Å². The van der Waals surface area contributed by atoms with Crippen molar-refractivity contribution in [1.82, 2.24) is 5.32 Å². The SMILES string of the molecule is CCOc1ccc(CNCCCCCO)cc1OC.Cl. The largest absolute Gasteiger partial charge is 0.493 e. The minimum Gasteiger partial charge on any atom is -0.493 e. The van der Waals surface area contributed by atoms with Crippen molar-refractivity contribution in [3.63, 3.8) is 0 Å². The zero-order valence-electron chi connectivity index (χ0n) is 12.4. The van der Waals surface area contributed by atoms with Gasteiger partial charge in [0.1, 0.15) is 0 Å². The number of nitrogens with one attached hydrogen (secondary N) is 1. The van der Waals surface area contributed by atoms with Crippen LogP contribution in [0.2, 0.25) is 0 Å². The Morgan fingerprint density at radius 3 is 2.60 bits per heavy atom. The molecular weight excluding hydrogens is 278 g/mol. The maximum Gasteiger partial charge on any atom is 0.161 e. The topological polar surface area (TPSA) is 50.7 Å². The van der Waals surface area contributed by atoms with Gasteiger partial charge in [0, 0.05) is 13.2 Å². The molecule has 0 saturated carbocycles. The molecule has 5 heteroatoms. The van der Waals surface area contributed by atoms with Gasteiger partial charge in [-0.3, -0.25) is 0 Å². The first-order valence-corrected chi connectivity index (χ1v) is 6.93. The van der Waals surface area contributed by atoms with E-state index in [0.29, 0.717) is 6.61 Å². The Balaban J connectivity index is 0.00000361. The van der Waals surface area contributed by atoms with E-state index in [9.17, 15) is 0 Å². The average molecular weight is 304 g/mol. The highest BCUT2D eigenvalue weighted by Crippen LogP contribution is 2.27. The van der Waals surface area contributed by atoms with Crippen molar-refractivity contribution >= 4 is 12.4 Å². The fraction of sp³-hybridized carbons (Fsp3) is 0.600. The molecule has 0 atom stereocenters. The van der Waals surface area contributed by atoms with Crippen LogP contribution in [0.15, 0.2) is 18.2 Å². The van der Waals surface area contributed by atoms with Crippen LogP contribution in [0.4, 0.5) is 0 Å². The number of hydrogen-bond donors (Lipinski definition) is 2. The van der Waals surface area contributed by atoms with E-state index in [2.05, 4.69) is 5.32 Å². The first-order chi connectivity index (χ1) is 9.31. The van der Waals surface area contributed by atoms with Gasteiger partial charge in [-0.05, 0) is 50.4 Å². The Labute approximate surface area is 127 Å². The van der Waals surface area contributed by atoms with Gasteiger partial charge < -0.3 is 19.9 Å². The van der Waals surface area contributed by atoms with Crippen LogP contribution in [0.3, 0.4) is 0 Å². The second-order valence-electron chi connectivity index (χ2n) is 4.38. The molecule has 2 N–H and O–H groups in total. The molecule has 0 saturated heterocycles. The van der Waals surface area contributed by atoms with Gasteiger partial charge in [0.25, 0.3) is 0 Å². The van der Waals surface area contributed by atoms with Gasteiger partial charge in [0.05, 0.1) is 13.7 Å². The van der Waals surface area contributed by atoms with Crippen LogP contribution in [0.1, 0.15) is 31.7 Å². The minimum atomic E-state index is 0. The summed E-state index contributed by atoms with van der Waals surface area (Å²) < 4.78 is 10.8. The van der Waals surface area contributed by atoms with Gasteiger partial charge in [0.15, 0.2) is 11.5 Å². The van der Waals surface area contributed by atoms with Crippen LogP contribution in [0.25, 0.3) is 0 Å². The molecule has 1 aromatic rings. The van der Waals surface area contributed by atoms with Crippen LogP contribution in [-0.2, 0) is 6.54 Å². The zero-order valence-corrected chi connectivity index (χ0v) is 13.2. The van der Waals surface area contributed by atoms with E-state index in [1.165, 1.54) is 5.56 Å². The molecule has 20 heavy (non-hydrogen) atoms. The van der Waals surface area contributed by atoms with E-state index in [4.69, 9.17) is 14.6 Å². The minimum absolute atomic E-state index is 0. The Morgan fingerprint density at radius 1 is 1.15 bits per heavy atom. The van der Waals surface area contributed by atoms with E-state index in [-0.39, 0.29) is 19.0 Å². The molecule has 0 aromatic heterocycles. The monoisotopic (exact) mass is 303 g/mol. The number of unbranched alkanes of at least 4 members (excludes halogenated alkanes) is 2. The fourth-order valence-electron chi connectivity index (χ4n) is 1.87. The van der Waals surface area contributed by atoms with Crippen LogP contribution < -0.4 is 14.8 Å². The summed E-state index contributed by atoms with van der Waals surface area (Å²) in [5.74, 6) is 1.57. The number of rotatable bonds is 10. The fourth-order valence-corrected chi connectivity index (χ4v) is 1.87. The molecule has 0 amide bonds. The van der Waals surface area contributed by atoms with Crippen LogP contribution >= 0.6 is 12.4 Å². The molecule has 0 aliphatic heterocycles. The standard InChI is InChI=1S/C15H25NO3.ClH/c1-3-19-14-8-7-13(11-15(14)18-2)12-16-9-5-4-6-10-17;/h7-8,11,16-17H,3-6,9-10,12H2,1-2H3;1H. The van der Waals surface area contributed by atoms with E-state index in [1.807, 2.05) is 25.1 Å². The maximum atomic E-state index is 8.68. The Bertz CT molecular complexity index is 361. The number of methoxy groups -OCH3 is 1. The summed E-state index contributed by atoms with van der Waals surface area (Å²) in [6.45, 7) is 4.67. The molecule has 116 valence electrons. The molecule has 0 heterocycles.